The number of rotatable bonds is 9. The normalized spacial score (nSPS) is 11.6. The van der Waals surface area contributed by atoms with E-state index < -0.39 is 11.9 Å². The van der Waals surface area contributed by atoms with Gasteiger partial charge in [-0.2, -0.15) is 0 Å². The predicted molar refractivity (Wildman–Crippen MR) is 109 cm³/mol. The first-order valence-corrected chi connectivity index (χ1v) is 9.31. The SMILES string of the molecule is Cc1ccccc1OCCOc1cccc(CC(C(=O)O)c2ccccc2)c1. The smallest absolute Gasteiger partial charge is 0.311 e. The van der Waals surface area contributed by atoms with Crippen LogP contribution in [0.15, 0.2) is 78.9 Å². The van der Waals surface area contributed by atoms with Crippen LogP contribution in [-0.4, -0.2) is 24.3 Å². The highest BCUT2D eigenvalue weighted by Gasteiger charge is 2.20. The van der Waals surface area contributed by atoms with Gasteiger partial charge in [-0.15, -0.1) is 0 Å². The summed E-state index contributed by atoms with van der Waals surface area (Å²) in [5.74, 6) is 0.153. The molecule has 3 rings (SSSR count). The van der Waals surface area contributed by atoms with E-state index >= 15 is 0 Å². The number of ether oxygens (including phenoxy) is 2. The summed E-state index contributed by atoms with van der Waals surface area (Å²) in [6.07, 6.45) is 0.413. The molecule has 3 aromatic carbocycles. The number of para-hydroxylation sites is 1. The summed E-state index contributed by atoms with van der Waals surface area (Å²) in [6.45, 7) is 2.86. The Morgan fingerprint density at radius 2 is 1.61 bits per heavy atom. The Hall–Kier alpha value is -3.27. The molecule has 4 nitrogen and oxygen atoms in total. The molecule has 1 atom stereocenters. The van der Waals surface area contributed by atoms with Gasteiger partial charge in [-0.3, -0.25) is 4.79 Å². The molecule has 0 amide bonds. The van der Waals surface area contributed by atoms with Gasteiger partial charge in [0.25, 0.3) is 0 Å². The van der Waals surface area contributed by atoms with E-state index in [-0.39, 0.29) is 0 Å². The topological polar surface area (TPSA) is 55.8 Å². The minimum atomic E-state index is -0.829. The molecule has 28 heavy (non-hydrogen) atoms. The second kappa shape index (κ2) is 9.60. The first-order chi connectivity index (χ1) is 13.6. The summed E-state index contributed by atoms with van der Waals surface area (Å²) in [5.41, 5.74) is 2.81. The molecule has 0 aliphatic heterocycles. The number of aliphatic carboxylic acids is 1. The maximum absolute atomic E-state index is 11.7. The first-order valence-electron chi connectivity index (χ1n) is 9.31. The Kier molecular flexibility index (Phi) is 6.68. The van der Waals surface area contributed by atoms with Gasteiger partial charge in [-0.05, 0) is 48.2 Å². The van der Waals surface area contributed by atoms with Crippen molar-refractivity contribution in [3.05, 3.63) is 95.6 Å². The highest BCUT2D eigenvalue weighted by Crippen LogP contribution is 2.23. The number of hydrogen-bond donors (Lipinski definition) is 1. The standard InChI is InChI=1S/C24H24O4/c1-18-8-5-6-13-23(18)28-15-14-27-21-12-7-9-19(16-21)17-22(24(25)26)20-10-3-2-4-11-20/h2-13,16,22H,14-15,17H2,1H3,(H,25,26). The number of hydrogen-bond acceptors (Lipinski definition) is 3. The fourth-order valence-electron chi connectivity index (χ4n) is 3.06. The van der Waals surface area contributed by atoms with E-state index in [1.807, 2.05) is 85.8 Å². The molecule has 0 heterocycles. The van der Waals surface area contributed by atoms with E-state index in [0.29, 0.717) is 25.4 Å². The summed E-state index contributed by atoms with van der Waals surface area (Å²) in [4.78, 5) is 11.7. The van der Waals surface area contributed by atoms with Crippen LogP contribution in [0.5, 0.6) is 11.5 Å². The maximum atomic E-state index is 11.7. The van der Waals surface area contributed by atoms with E-state index in [2.05, 4.69) is 0 Å². The van der Waals surface area contributed by atoms with Crippen LogP contribution >= 0.6 is 0 Å². The van der Waals surface area contributed by atoms with Gasteiger partial charge < -0.3 is 14.6 Å². The molecule has 144 valence electrons. The Labute approximate surface area is 165 Å². The van der Waals surface area contributed by atoms with E-state index in [1.54, 1.807) is 0 Å². The lowest BCUT2D eigenvalue weighted by Gasteiger charge is -2.14. The largest absolute Gasteiger partial charge is 0.490 e. The minimum absolute atomic E-state index is 0.413. The van der Waals surface area contributed by atoms with Crippen LogP contribution in [0.4, 0.5) is 0 Å². The molecule has 0 fully saturated rings. The van der Waals surface area contributed by atoms with Crippen molar-refractivity contribution >= 4 is 5.97 Å². The molecule has 0 saturated carbocycles. The van der Waals surface area contributed by atoms with Crippen molar-refractivity contribution in [3.63, 3.8) is 0 Å². The van der Waals surface area contributed by atoms with Crippen LogP contribution in [0.3, 0.4) is 0 Å². The number of carboxylic acids is 1. The molecule has 0 saturated heterocycles. The predicted octanol–water partition coefficient (Wildman–Crippen LogP) is 4.86. The fourth-order valence-corrected chi connectivity index (χ4v) is 3.06. The van der Waals surface area contributed by atoms with Gasteiger partial charge >= 0.3 is 5.97 Å². The van der Waals surface area contributed by atoms with E-state index in [1.165, 1.54) is 0 Å². The molecule has 4 heteroatoms. The Bertz CT molecular complexity index is 905. The van der Waals surface area contributed by atoms with E-state index in [9.17, 15) is 9.90 Å². The number of benzene rings is 3. The maximum Gasteiger partial charge on any atom is 0.311 e. The lowest BCUT2D eigenvalue weighted by atomic mass is 9.92. The monoisotopic (exact) mass is 376 g/mol. The Balaban J connectivity index is 1.57. The summed E-state index contributed by atoms with van der Waals surface area (Å²) in [5, 5.41) is 9.61. The quantitative estimate of drug-likeness (QED) is 0.542. The third-order valence-electron chi connectivity index (χ3n) is 4.54. The fraction of sp³-hybridized carbons (Fsp3) is 0.208. The van der Waals surface area contributed by atoms with Crippen LogP contribution in [0.25, 0.3) is 0 Å². The van der Waals surface area contributed by atoms with Crippen molar-refractivity contribution in [2.75, 3.05) is 13.2 Å². The first kappa shape index (κ1) is 19.5. The Morgan fingerprint density at radius 3 is 2.36 bits per heavy atom. The lowest BCUT2D eigenvalue weighted by Crippen LogP contribution is -2.14. The summed E-state index contributed by atoms with van der Waals surface area (Å²) in [7, 11) is 0. The number of aryl methyl sites for hydroxylation is 1. The molecular weight excluding hydrogens is 352 g/mol. The van der Waals surface area contributed by atoms with Crippen molar-refractivity contribution in [2.45, 2.75) is 19.3 Å². The average molecular weight is 376 g/mol. The molecule has 0 radical (unpaired) electrons. The zero-order chi connectivity index (χ0) is 19.8. The average Bonchev–Trinajstić information content (AvgIpc) is 2.71. The van der Waals surface area contributed by atoms with Gasteiger partial charge in [0.15, 0.2) is 0 Å². The molecule has 0 spiro atoms. The van der Waals surface area contributed by atoms with Crippen molar-refractivity contribution in [3.8, 4) is 11.5 Å². The van der Waals surface area contributed by atoms with Crippen molar-refractivity contribution in [2.24, 2.45) is 0 Å². The Morgan fingerprint density at radius 1 is 0.893 bits per heavy atom. The van der Waals surface area contributed by atoms with Crippen LogP contribution in [-0.2, 0) is 11.2 Å². The van der Waals surface area contributed by atoms with Crippen LogP contribution in [0.1, 0.15) is 22.6 Å². The molecule has 0 aromatic heterocycles. The zero-order valence-electron chi connectivity index (χ0n) is 15.9. The molecule has 1 unspecified atom stereocenters. The molecule has 1 N–H and O–H groups in total. The van der Waals surface area contributed by atoms with E-state index in [0.717, 1.165) is 22.4 Å². The molecule has 3 aromatic rings. The van der Waals surface area contributed by atoms with Gasteiger partial charge in [0.1, 0.15) is 24.7 Å². The van der Waals surface area contributed by atoms with Crippen molar-refractivity contribution < 1.29 is 19.4 Å². The molecular formula is C24H24O4. The molecule has 0 aliphatic carbocycles. The minimum Gasteiger partial charge on any atom is -0.490 e. The van der Waals surface area contributed by atoms with Crippen LogP contribution in [0.2, 0.25) is 0 Å². The summed E-state index contributed by atoms with van der Waals surface area (Å²) >= 11 is 0. The highest BCUT2D eigenvalue weighted by molar-refractivity contribution is 5.76. The molecule has 0 bridgehead atoms. The van der Waals surface area contributed by atoms with Gasteiger partial charge in [0.2, 0.25) is 0 Å². The van der Waals surface area contributed by atoms with Crippen LogP contribution < -0.4 is 9.47 Å². The van der Waals surface area contributed by atoms with Crippen molar-refractivity contribution in [1.29, 1.82) is 0 Å². The third kappa shape index (κ3) is 5.36. The number of carbonyl (C=O) groups is 1. The summed E-state index contributed by atoms with van der Waals surface area (Å²) in [6, 6.07) is 24.7. The van der Waals surface area contributed by atoms with Gasteiger partial charge in [-0.1, -0.05) is 60.7 Å². The van der Waals surface area contributed by atoms with Gasteiger partial charge in [0.05, 0.1) is 5.92 Å². The lowest BCUT2D eigenvalue weighted by molar-refractivity contribution is -0.138. The number of carboxylic acid groups (broad SMARTS) is 1. The van der Waals surface area contributed by atoms with Crippen molar-refractivity contribution in [1.82, 2.24) is 0 Å². The second-order valence-electron chi connectivity index (χ2n) is 6.62. The van der Waals surface area contributed by atoms with E-state index in [4.69, 9.17) is 9.47 Å². The summed E-state index contributed by atoms with van der Waals surface area (Å²) < 4.78 is 11.5. The van der Waals surface area contributed by atoms with Gasteiger partial charge in [-0.25, -0.2) is 0 Å². The zero-order valence-corrected chi connectivity index (χ0v) is 15.9. The second-order valence-corrected chi connectivity index (χ2v) is 6.62. The highest BCUT2D eigenvalue weighted by atomic mass is 16.5. The third-order valence-corrected chi connectivity index (χ3v) is 4.54. The van der Waals surface area contributed by atoms with Gasteiger partial charge in [0, 0.05) is 0 Å². The molecule has 0 aliphatic rings. The van der Waals surface area contributed by atoms with Crippen LogP contribution in [0, 0.1) is 6.92 Å².